The Morgan fingerprint density at radius 1 is 1.18 bits per heavy atom. The van der Waals surface area contributed by atoms with Crippen LogP contribution in [0.1, 0.15) is 11.1 Å². The van der Waals surface area contributed by atoms with Crippen LogP contribution in [-0.4, -0.2) is 32.5 Å². The van der Waals surface area contributed by atoms with Gasteiger partial charge in [0.2, 0.25) is 0 Å². The fourth-order valence-electron chi connectivity index (χ4n) is 2.45. The molecule has 0 aliphatic carbocycles. The van der Waals surface area contributed by atoms with Gasteiger partial charge in [0.1, 0.15) is 12.3 Å². The zero-order chi connectivity index (χ0) is 20.1. The normalized spacial score (nSPS) is 11.2. The lowest BCUT2D eigenvalue weighted by Gasteiger charge is -2.10. The number of nitriles is 1. The Balaban J connectivity index is 1.90. The Hall–Kier alpha value is -3.45. The molecular weight excluding hydrogens is 373 g/mol. The van der Waals surface area contributed by atoms with Gasteiger partial charge in [-0.3, -0.25) is 4.68 Å². The van der Waals surface area contributed by atoms with E-state index in [0.29, 0.717) is 29.9 Å². The maximum absolute atomic E-state index is 12.5. The molecule has 0 radical (unpaired) electrons. The molecule has 0 aliphatic heterocycles. The summed E-state index contributed by atoms with van der Waals surface area (Å²) < 4.78 is 43.9. The van der Waals surface area contributed by atoms with Crippen LogP contribution in [0.15, 0.2) is 43.0 Å². The van der Waals surface area contributed by atoms with Crippen LogP contribution in [0.4, 0.5) is 13.2 Å². The molecule has 0 saturated carbocycles. The summed E-state index contributed by atoms with van der Waals surface area (Å²) in [5.74, 6) is 0.681. The molecule has 144 valence electrons. The van der Waals surface area contributed by atoms with E-state index in [1.165, 1.54) is 12.3 Å². The molecule has 0 spiro atoms. The number of nitrogens with zero attached hydrogens (tertiary/aromatic N) is 5. The smallest absolute Gasteiger partial charge is 0.408 e. The molecule has 3 aromatic rings. The predicted molar refractivity (Wildman–Crippen MR) is 93.3 cm³/mol. The predicted octanol–water partition coefficient (Wildman–Crippen LogP) is 3.07. The molecule has 0 bridgehead atoms. The minimum Gasteiger partial charge on any atom is -0.453 e. The molecule has 1 aromatic carbocycles. The molecule has 28 heavy (non-hydrogen) atoms. The third-order valence-electron chi connectivity index (χ3n) is 3.67. The summed E-state index contributed by atoms with van der Waals surface area (Å²) in [5, 5.41) is 12.8. The Labute approximate surface area is 158 Å². The van der Waals surface area contributed by atoms with Crippen molar-refractivity contribution in [1.29, 1.82) is 5.26 Å². The van der Waals surface area contributed by atoms with Crippen LogP contribution >= 0.6 is 0 Å². The lowest BCUT2D eigenvalue weighted by Crippen LogP contribution is -2.17. The Morgan fingerprint density at radius 3 is 2.57 bits per heavy atom. The lowest BCUT2D eigenvalue weighted by molar-refractivity contribution is -0.142. The number of ether oxygens (including phenoxy) is 1. The number of hydrogen-bond acceptors (Lipinski definition) is 6. The molecule has 0 aliphatic rings. The summed E-state index contributed by atoms with van der Waals surface area (Å²) in [6.07, 6.45) is 1.81. The highest BCUT2D eigenvalue weighted by Gasteiger charge is 2.28. The molecule has 0 fully saturated rings. The molecular formula is C18H15F3N6O. The lowest BCUT2D eigenvalue weighted by atomic mass is 10.1. The zero-order valence-corrected chi connectivity index (χ0v) is 14.5. The van der Waals surface area contributed by atoms with Crippen LogP contribution in [0.3, 0.4) is 0 Å². The van der Waals surface area contributed by atoms with Gasteiger partial charge in [-0.25, -0.2) is 9.97 Å². The van der Waals surface area contributed by atoms with E-state index in [9.17, 15) is 13.2 Å². The van der Waals surface area contributed by atoms with Crippen LogP contribution in [0, 0.1) is 11.3 Å². The average molecular weight is 388 g/mol. The number of alkyl halides is 3. The highest BCUT2D eigenvalue weighted by Crippen LogP contribution is 2.32. The maximum atomic E-state index is 12.5. The van der Waals surface area contributed by atoms with Crippen LogP contribution in [0.25, 0.3) is 11.4 Å². The van der Waals surface area contributed by atoms with Gasteiger partial charge in [-0.2, -0.15) is 23.5 Å². The van der Waals surface area contributed by atoms with E-state index in [1.54, 1.807) is 24.5 Å². The number of rotatable bonds is 6. The summed E-state index contributed by atoms with van der Waals surface area (Å²) in [6.45, 7) is -0.761. The molecule has 7 nitrogen and oxygen atoms in total. The minimum absolute atomic E-state index is 0.0975. The topological polar surface area (TPSA) is 103 Å². The first-order valence-electron chi connectivity index (χ1n) is 8.20. The van der Waals surface area contributed by atoms with Gasteiger partial charge in [0, 0.05) is 12.4 Å². The summed E-state index contributed by atoms with van der Waals surface area (Å²) in [6, 6.07) is 6.65. The zero-order valence-electron chi connectivity index (χ0n) is 14.5. The van der Waals surface area contributed by atoms with E-state index < -0.39 is 12.7 Å². The Bertz CT molecular complexity index is 992. The van der Waals surface area contributed by atoms with Crippen LogP contribution in [0.2, 0.25) is 0 Å². The van der Waals surface area contributed by atoms with Gasteiger partial charge in [-0.1, -0.05) is 0 Å². The third-order valence-corrected chi connectivity index (χ3v) is 3.67. The van der Waals surface area contributed by atoms with E-state index in [2.05, 4.69) is 15.1 Å². The van der Waals surface area contributed by atoms with E-state index in [4.69, 9.17) is 15.7 Å². The summed E-state index contributed by atoms with van der Waals surface area (Å²) in [5.41, 5.74) is 7.19. The minimum atomic E-state index is -4.39. The number of aromatic nitrogens is 4. The van der Waals surface area contributed by atoms with Crippen molar-refractivity contribution < 1.29 is 17.9 Å². The number of halogens is 3. The highest BCUT2D eigenvalue weighted by molar-refractivity contribution is 5.66. The monoisotopic (exact) mass is 388 g/mol. The fourth-order valence-corrected chi connectivity index (χ4v) is 2.45. The first kappa shape index (κ1) is 19.3. The van der Waals surface area contributed by atoms with Crippen molar-refractivity contribution in [2.24, 2.45) is 5.73 Å². The van der Waals surface area contributed by atoms with Crippen molar-refractivity contribution in [1.82, 2.24) is 19.7 Å². The van der Waals surface area contributed by atoms with Crippen LogP contribution < -0.4 is 10.5 Å². The highest BCUT2D eigenvalue weighted by atomic mass is 19.4. The van der Waals surface area contributed by atoms with Crippen molar-refractivity contribution in [3.05, 3.63) is 54.1 Å². The molecule has 10 heteroatoms. The average Bonchev–Trinajstić information content (AvgIpc) is 3.07. The van der Waals surface area contributed by atoms with Gasteiger partial charge in [0.15, 0.2) is 11.6 Å². The molecule has 2 N–H and O–H groups in total. The van der Waals surface area contributed by atoms with Gasteiger partial charge in [0.25, 0.3) is 0 Å². The van der Waals surface area contributed by atoms with E-state index >= 15 is 0 Å². The second-order valence-electron chi connectivity index (χ2n) is 5.87. The standard InChI is InChI=1S/C18H15F3N6O/c19-18(20,21)11-27-10-14(9-26-27)28-16-5-12(6-23)1-2-15(16)17-24-7-13(3-4-22)8-25-17/h1-2,5,7-10H,3-4,11,22H2. The van der Waals surface area contributed by atoms with Crippen molar-refractivity contribution in [3.63, 3.8) is 0 Å². The van der Waals surface area contributed by atoms with Crippen LogP contribution in [-0.2, 0) is 13.0 Å². The largest absolute Gasteiger partial charge is 0.453 e. The Kier molecular flexibility index (Phi) is 5.56. The molecule has 0 saturated heterocycles. The van der Waals surface area contributed by atoms with Gasteiger partial charge >= 0.3 is 6.18 Å². The van der Waals surface area contributed by atoms with E-state index in [-0.39, 0.29) is 11.5 Å². The molecule has 0 amide bonds. The second-order valence-corrected chi connectivity index (χ2v) is 5.87. The van der Waals surface area contributed by atoms with E-state index in [1.807, 2.05) is 6.07 Å². The van der Waals surface area contributed by atoms with Gasteiger partial charge in [-0.15, -0.1) is 0 Å². The van der Waals surface area contributed by atoms with Gasteiger partial charge in [-0.05, 0) is 36.7 Å². The van der Waals surface area contributed by atoms with E-state index in [0.717, 1.165) is 16.4 Å². The van der Waals surface area contributed by atoms with Crippen molar-refractivity contribution in [2.75, 3.05) is 6.54 Å². The second kappa shape index (κ2) is 8.06. The first-order valence-corrected chi connectivity index (χ1v) is 8.20. The molecule has 2 heterocycles. The Morgan fingerprint density at radius 2 is 1.93 bits per heavy atom. The molecule has 0 atom stereocenters. The van der Waals surface area contributed by atoms with Gasteiger partial charge in [0.05, 0.1) is 29.6 Å². The fraction of sp³-hybridized carbons (Fsp3) is 0.222. The van der Waals surface area contributed by atoms with Crippen molar-refractivity contribution >= 4 is 0 Å². The first-order chi connectivity index (χ1) is 13.4. The number of hydrogen-bond donors (Lipinski definition) is 1. The third kappa shape index (κ3) is 4.83. The molecule has 2 aromatic heterocycles. The van der Waals surface area contributed by atoms with Crippen LogP contribution in [0.5, 0.6) is 11.5 Å². The van der Waals surface area contributed by atoms with Gasteiger partial charge < -0.3 is 10.5 Å². The van der Waals surface area contributed by atoms with Crippen molar-refractivity contribution in [3.8, 4) is 29.0 Å². The SMILES string of the molecule is N#Cc1ccc(-c2ncc(CCN)cn2)c(Oc2cnn(CC(F)(F)F)c2)c1. The summed E-state index contributed by atoms with van der Waals surface area (Å²) in [4.78, 5) is 8.56. The number of nitrogens with two attached hydrogens (primary N) is 1. The van der Waals surface area contributed by atoms with Crippen molar-refractivity contribution in [2.45, 2.75) is 19.1 Å². The summed E-state index contributed by atoms with van der Waals surface area (Å²) >= 11 is 0. The molecule has 3 rings (SSSR count). The quantitative estimate of drug-likeness (QED) is 0.696. The number of benzene rings is 1. The molecule has 0 unspecified atom stereocenters. The maximum Gasteiger partial charge on any atom is 0.408 e. The summed E-state index contributed by atoms with van der Waals surface area (Å²) in [7, 11) is 0.